The van der Waals surface area contributed by atoms with Gasteiger partial charge in [0.05, 0.1) is 0 Å². The van der Waals surface area contributed by atoms with Gasteiger partial charge in [0.2, 0.25) is 0 Å². The van der Waals surface area contributed by atoms with Crippen LogP contribution in [-0.4, -0.2) is 13.1 Å². The molecule has 0 aromatic rings. The number of hydrogen-bond donors (Lipinski definition) is 1. The van der Waals surface area contributed by atoms with Gasteiger partial charge in [-0.15, -0.1) is 0 Å². The second kappa shape index (κ2) is 8.19. The first-order chi connectivity index (χ1) is 8.54. The SMILES string of the molecule is CCCC1CCC(CNCC(C)C)C(C(C)C)C1. The third-order valence-corrected chi connectivity index (χ3v) is 4.67. The molecule has 0 heterocycles. The van der Waals surface area contributed by atoms with Crippen LogP contribution in [0.5, 0.6) is 0 Å². The molecule has 0 bridgehead atoms. The van der Waals surface area contributed by atoms with Crippen molar-refractivity contribution in [1.82, 2.24) is 5.32 Å². The van der Waals surface area contributed by atoms with Crippen molar-refractivity contribution in [2.75, 3.05) is 13.1 Å². The van der Waals surface area contributed by atoms with Gasteiger partial charge in [-0.25, -0.2) is 0 Å². The van der Waals surface area contributed by atoms with E-state index in [4.69, 9.17) is 0 Å². The zero-order valence-electron chi connectivity index (χ0n) is 13.3. The molecule has 3 unspecified atom stereocenters. The molecule has 1 heteroatoms. The predicted octanol–water partition coefficient (Wildman–Crippen LogP) is 4.72. The van der Waals surface area contributed by atoms with E-state index in [1.807, 2.05) is 0 Å². The minimum Gasteiger partial charge on any atom is -0.316 e. The first-order valence-corrected chi connectivity index (χ1v) is 8.25. The Morgan fingerprint density at radius 1 is 1.11 bits per heavy atom. The van der Waals surface area contributed by atoms with Crippen LogP contribution in [0.15, 0.2) is 0 Å². The Labute approximate surface area is 115 Å². The van der Waals surface area contributed by atoms with Crippen molar-refractivity contribution in [2.24, 2.45) is 29.6 Å². The van der Waals surface area contributed by atoms with Gasteiger partial charge in [0.1, 0.15) is 0 Å². The first-order valence-electron chi connectivity index (χ1n) is 8.25. The molecule has 1 aliphatic rings. The molecule has 1 rings (SSSR count). The number of hydrogen-bond acceptors (Lipinski definition) is 1. The largest absolute Gasteiger partial charge is 0.316 e. The topological polar surface area (TPSA) is 12.0 Å². The summed E-state index contributed by atoms with van der Waals surface area (Å²) in [6.07, 6.45) is 7.24. The summed E-state index contributed by atoms with van der Waals surface area (Å²) in [5, 5.41) is 3.69. The van der Waals surface area contributed by atoms with Crippen LogP contribution >= 0.6 is 0 Å². The van der Waals surface area contributed by atoms with Crippen molar-refractivity contribution in [2.45, 2.75) is 66.7 Å². The molecule has 0 aromatic carbocycles. The summed E-state index contributed by atoms with van der Waals surface area (Å²) in [5.74, 6) is 4.53. The van der Waals surface area contributed by atoms with Crippen LogP contribution in [0.1, 0.15) is 66.7 Å². The normalized spacial score (nSPS) is 29.2. The van der Waals surface area contributed by atoms with Crippen molar-refractivity contribution in [3.05, 3.63) is 0 Å². The Morgan fingerprint density at radius 2 is 1.83 bits per heavy atom. The van der Waals surface area contributed by atoms with E-state index in [1.54, 1.807) is 0 Å². The second-order valence-corrected chi connectivity index (χ2v) is 7.19. The molecular weight excluding hydrogens is 218 g/mol. The molecule has 18 heavy (non-hydrogen) atoms. The summed E-state index contributed by atoms with van der Waals surface area (Å²) in [4.78, 5) is 0. The zero-order valence-corrected chi connectivity index (χ0v) is 13.3. The lowest BCUT2D eigenvalue weighted by Crippen LogP contribution is -2.36. The second-order valence-electron chi connectivity index (χ2n) is 7.19. The summed E-state index contributed by atoms with van der Waals surface area (Å²) in [5.41, 5.74) is 0. The Bertz CT molecular complexity index is 210. The van der Waals surface area contributed by atoms with Gasteiger partial charge >= 0.3 is 0 Å². The molecule has 0 radical (unpaired) electrons. The van der Waals surface area contributed by atoms with E-state index in [0.717, 1.165) is 29.6 Å². The summed E-state index contributed by atoms with van der Waals surface area (Å²) in [7, 11) is 0. The molecule has 1 aliphatic carbocycles. The van der Waals surface area contributed by atoms with Crippen LogP contribution < -0.4 is 5.32 Å². The molecule has 1 N–H and O–H groups in total. The van der Waals surface area contributed by atoms with E-state index in [0.29, 0.717) is 0 Å². The van der Waals surface area contributed by atoms with Crippen molar-refractivity contribution in [3.63, 3.8) is 0 Å². The van der Waals surface area contributed by atoms with Gasteiger partial charge in [-0.3, -0.25) is 0 Å². The van der Waals surface area contributed by atoms with Crippen LogP contribution in [0.2, 0.25) is 0 Å². The lowest BCUT2D eigenvalue weighted by atomic mass is 9.68. The van der Waals surface area contributed by atoms with Crippen LogP contribution in [-0.2, 0) is 0 Å². The van der Waals surface area contributed by atoms with Gasteiger partial charge in [-0.1, -0.05) is 53.9 Å². The molecular formula is C17H35N. The molecule has 1 saturated carbocycles. The fraction of sp³-hybridized carbons (Fsp3) is 1.00. The Morgan fingerprint density at radius 3 is 2.39 bits per heavy atom. The van der Waals surface area contributed by atoms with Crippen molar-refractivity contribution >= 4 is 0 Å². The van der Waals surface area contributed by atoms with Gasteiger partial charge in [0, 0.05) is 0 Å². The number of rotatable bonds is 7. The fourth-order valence-corrected chi connectivity index (χ4v) is 3.66. The van der Waals surface area contributed by atoms with E-state index in [2.05, 4.69) is 39.9 Å². The Kier molecular flexibility index (Phi) is 7.29. The monoisotopic (exact) mass is 253 g/mol. The third kappa shape index (κ3) is 5.30. The molecule has 1 fully saturated rings. The predicted molar refractivity (Wildman–Crippen MR) is 81.8 cm³/mol. The molecule has 0 aromatic heterocycles. The van der Waals surface area contributed by atoms with Crippen molar-refractivity contribution in [3.8, 4) is 0 Å². The highest BCUT2D eigenvalue weighted by Gasteiger charge is 2.31. The van der Waals surface area contributed by atoms with Gasteiger partial charge in [0.15, 0.2) is 0 Å². The average molecular weight is 253 g/mol. The van der Waals surface area contributed by atoms with Crippen molar-refractivity contribution < 1.29 is 0 Å². The summed E-state index contributed by atoms with van der Waals surface area (Å²) < 4.78 is 0. The summed E-state index contributed by atoms with van der Waals surface area (Å²) in [6, 6.07) is 0. The van der Waals surface area contributed by atoms with Gasteiger partial charge in [-0.05, 0) is 55.5 Å². The summed E-state index contributed by atoms with van der Waals surface area (Å²) >= 11 is 0. The average Bonchev–Trinajstić information content (AvgIpc) is 2.30. The molecule has 0 amide bonds. The highest BCUT2D eigenvalue weighted by atomic mass is 14.9. The minimum absolute atomic E-state index is 0.777. The lowest BCUT2D eigenvalue weighted by molar-refractivity contribution is 0.127. The van der Waals surface area contributed by atoms with E-state index < -0.39 is 0 Å². The molecule has 1 nitrogen and oxygen atoms in total. The number of nitrogens with one attached hydrogen (secondary N) is 1. The maximum atomic E-state index is 3.69. The zero-order chi connectivity index (χ0) is 13.5. The van der Waals surface area contributed by atoms with Gasteiger partial charge in [-0.2, -0.15) is 0 Å². The highest BCUT2D eigenvalue weighted by Crippen LogP contribution is 2.39. The minimum atomic E-state index is 0.777. The lowest BCUT2D eigenvalue weighted by Gasteiger charge is -2.39. The molecule has 3 atom stereocenters. The maximum Gasteiger partial charge on any atom is -0.00177 e. The molecule has 108 valence electrons. The molecule has 0 saturated heterocycles. The Hall–Kier alpha value is -0.0400. The smallest absolute Gasteiger partial charge is 0.00177 e. The first kappa shape index (κ1) is 16.0. The van der Waals surface area contributed by atoms with Crippen LogP contribution in [0, 0.1) is 29.6 Å². The summed E-state index contributed by atoms with van der Waals surface area (Å²) in [6.45, 7) is 14.2. The quantitative estimate of drug-likeness (QED) is 0.692. The van der Waals surface area contributed by atoms with Crippen LogP contribution in [0.3, 0.4) is 0 Å². The van der Waals surface area contributed by atoms with Crippen LogP contribution in [0.4, 0.5) is 0 Å². The van der Waals surface area contributed by atoms with E-state index in [9.17, 15) is 0 Å². The maximum absolute atomic E-state index is 3.69. The van der Waals surface area contributed by atoms with E-state index >= 15 is 0 Å². The highest BCUT2D eigenvalue weighted by molar-refractivity contribution is 4.83. The van der Waals surface area contributed by atoms with Gasteiger partial charge in [0.25, 0.3) is 0 Å². The van der Waals surface area contributed by atoms with Crippen LogP contribution in [0.25, 0.3) is 0 Å². The van der Waals surface area contributed by atoms with Crippen molar-refractivity contribution in [1.29, 1.82) is 0 Å². The van der Waals surface area contributed by atoms with E-state index in [-0.39, 0.29) is 0 Å². The fourth-order valence-electron chi connectivity index (χ4n) is 3.66. The molecule has 0 aliphatic heterocycles. The standard InChI is InChI=1S/C17H35N/c1-6-7-15-8-9-16(12-18-11-13(2)3)17(10-15)14(4)5/h13-18H,6-12H2,1-5H3. The molecule has 0 spiro atoms. The third-order valence-electron chi connectivity index (χ3n) is 4.67. The van der Waals surface area contributed by atoms with E-state index in [1.165, 1.54) is 45.2 Å². The van der Waals surface area contributed by atoms with Gasteiger partial charge < -0.3 is 5.32 Å². The Balaban J connectivity index is 2.41.